The van der Waals surface area contributed by atoms with Gasteiger partial charge in [0.2, 0.25) is 0 Å². The van der Waals surface area contributed by atoms with E-state index in [1.54, 1.807) is 34.3 Å². The van der Waals surface area contributed by atoms with Gasteiger partial charge in [-0.05, 0) is 64.3 Å². The lowest BCUT2D eigenvalue weighted by Gasteiger charge is -2.22. The first-order chi connectivity index (χ1) is 13.3. The van der Waals surface area contributed by atoms with E-state index in [-0.39, 0.29) is 23.3 Å². The lowest BCUT2D eigenvalue weighted by atomic mass is 9.98. The maximum atomic E-state index is 13.2. The van der Waals surface area contributed by atoms with Gasteiger partial charge in [0.05, 0.1) is 28.3 Å². The molecular weight excluding hydrogens is 377 g/mol. The zero-order valence-corrected chi connectivity index (χ0v) is 16.9. The largest absolute Gasteiger partial charge is 0.343 e. The summed E-state index contributed by atoms with van der Waals surface area (Å²) < 4.78 is 14.9. The molecule has 2 aromatic heterocycles. The molecule has 3 aromatic rings. The molecule has 0 radical (unpaired) electrons. The van der Waals surface area contributed by atoms with Gasteiger partial charge >= 0.3 is 0 Å². The SMILES string of the molecule is CC(C)(C)n1cc(C(=O)NC2CCCc3nc(-c4ccc(F)cc4)sc32)nn1. The van der Waals surface area contributed by atoms with Gasteiger partial charge in [-0.2, -0.15) is 0 Å². The fourth-order valence-electron chi connectivity index (χ4n) is 3.20. The van der Waals surface area contributed by atoms with E-state index in [0.29, 0.717) is 5.69 Å². The van der Waals surface area contributed by atoms with Gasteiger partial charge in [0.15, 0.2) is 5.69 Å². The minimum absolute atomic E-state index is 0.0947. The molecule has 2 heterocycles. The normalized spacial score (nSPS) is 16.6. The highest BCUT2D eigenvalue weighted by Crippen LogP contribution is 2.38. The Hall–Kier alpha value is -2.61. The van der Waals surface area contributed by atoms with Crippen molar-refractivity contribution in [1.82, 2.24) is 25.3 Å². The van der Waals surface area contributed by atoms with Crippen LogP contribution in [0.15, 0.2) is 30.5 Å². The Bertz CT molecular complexity index is 1000. The number of benzene rings is 1. The van der Waals surface area contributed by atoms with Crippen LogP contribution < -0.4 is 5.32 Å². The quantitative estimate of drug-likeness (QED) is 0.720. The second kappa shape index (κ2) is 7.09. The van der Waals surface area contributed by atoms with E-state index < -0.39 is 0 Å². The summed E-state index contributed by atoms with van der Waals surface area (Å²) in [6.07, 6.45) is 4.38. The molecule has 0 bridgehead atoms. The van der Waals surface area contributed by atoms with E-state index in [1.165, 1.54) is 12.1 Å². The summed E-state index contributed by atoms with van der Waals surface area (Å²) in [5, 5.41) is 12.0. The van der Waals surface area contributed by atoms with Crippen molar-refractivity contribution in [1.29, 1.82) is 0 Å². The van der Waals surface area contributed by atoms with Crippen molar-refractivity contribution in [2.75, 3.05) is 0 Å². The summed E-state index contributed by atoms with van der Waals surface area (Å²) in [4.78, 5) is 18.5. The zero-order chi connectivity index (χ0) is 19.9. The number of nitrogens with zero attached hydrogens (tertiary/aromatic N) is 4. The Morgan fingerprint density at radius 2 is 2.04 bits per heavy atom. The van der Waals surface area contributed by atoms with E-state index in [2.05, 4.69) is 15.6 Å². The molecular formula is C20H22FN5OS. The minimum Gasteiger partial charge on any atom is -0.343 e. The molecule has 28 heavy (non-hydrogen) atoms. The first kappa shape index (κ1) is 18.7. The van der Waals surface area contributed by atoms with Crippen LogP contribution in [0.1, 0.15) is 60.7 Å². The summed E-state index contributed by atoms with van der Waals surface area (Å²) in [7, 11) is 0. The molecule has 4 rings (SSSR count). The molecule has 0 saturated carbocycles. The third-order valence-corrected chi connectivity index (χ3v) is 6.02. The summed E-state index contributed by atoms with van der Waals surface area (Å²) >= 11 is 1.56. The number of aromatic nitrogens is 4. The molecule has 0 aliphatic heterocycles. The monoisotopic (exact) mass is 399 g/mol. The smallest absolute Gasteiger partial charge is 0.273 e. The second-order valence-electron chi connectivity index (χ2n) is 7.97. The first-order valence-electron chi connectivity index (χ1n) is 9.30. The van der Waals surface area contributed by atoms with Gasteiger partial charge in [0.1, 0.15) is 10.8 Å². The van der Waals surface area contributed by atoms with Crippen molar-refractivity contribution in [2.45, 2.75) is 51.6 Å². The Labute approximate surface area is 166 Å². The number of thiazole rings is 1. The van der Waals surface area contributed by atoms with Crippen LogP contribution in [0.4, 0.5) is 4.39 Å². The molecule has 0 fully saturated rings. The number of hydrogen-bond acceptors (Lipinski definition) is 5. The lowest BCUT2D eigenvalue weighted by molar-refractivity contribution is 0.0928. The highest BCUT2D eigenvalue weighted by molar-refractivity contribution is 7.15. The molecule has 146 valence electrons. The van der Waals surface area contributed by atoms with Crippen LogP contribution in [-0.4, -0.2) is 25.9 Å². The van der Waals surface area contributed by atoms with Crippen molar-refractivity contribution in [3.8, 4) is 10.6 Å². The average Bonchev–Trinajstić information content (AvgIpc) is 3.30. The van der Waals surface area contributed by atoms with Crippen LogP contribution in [0, 0.1) is 5.82 Å². The van der Waals surface area contributed by atoms with Crippen LogP contribution in [0.25, 0.3) is 10.6 Å². The molecule has 0 spiro atoms. The van der Waals surface area contributed by atoms with Crippen molar-refractivity contribution < 1.29 is 9.18 Å². The number of aryl methyl sites for hydroxylation is 1. The Morgan fingerprint density at radius 1 is 1.29 bits per heavy atom. The maximum absolute atomic E-state index is 13.2. The van der Waals surface area contributed by atoms with Gasteiger partial charge in [0.25, 0.3) is 5.91 Å². The Kier molecular flexibility index (Phi) is 4.74. The molecule has 1 amide bonds. The lowest BCUT2D eigenvalue weighted by Crippen LogP contribution is -2.30. The van der Waals surface area contributed by atoms with Gasteiger partial charge in [0, 0.05) is 5.56 Å². The number of fused-ring (bicyclic) bond motifs is 1. The summed E-state index contributed by atoms with van der Waals surface area (Å²) in [5.41, 5.74) is 1.98. The fraction of sp³-hybridized carbons (Fsp3) is 0.400. The van der Waals surface area contributed by atoms with E-state index in [1.807, 2.05) is 20.8 Å². The zero-order valence-electron chi connectivity index (χ0n) is 16.1. The highest BCUT2D eigenvalue weighted by Gasteiger charge is 2.28. The molecule has 6 nitrogen and oxygen atoms in total. The predicted molar refractivity (Wildman–Crippen MR) is 106 cm³/mol. The van der Waals surface area contributed by atoms with E-state index in [9.17, 15) is 9.18 Å². The van der Waals surface area contributed by atoms with Crippen LogP contribution in [0.3, 0.4) is 0 Å². The topological polar surface area (TPSA) is 72.7 Å². The third-order valence-electron chi connectivity index (χ3n) is 4.76. The number of amides is 1. The van der Waals surface area contributed by atoms with Gasteiger partial charge < -0.3 is 5.32 Å². The van der Waals surface area contributed by atoms with Crippen molar-refractivity contribution in [2.24, 2.45) is 0 Å². The van der Waals surface area contributed by atoms with Crippen LogP contribution in [0.5, 0.6) is 0 Å². The van der Waals surface area contributed by atoms with Gasteiger partial charge in [-0.3, -0.25) is 4.79 Å². The van der Waals surface area contributed by atoms with Crippen molar-refractivity contribution in [3.63, 3.8) is 0 Å². The molecule has 1 aliphatic rings. The maximum Gasteiger partial charge on any atom is 0.273 e. The van der Waals surface area contributed by atoms with Crippen LogP contribution in [0.2, 0.25) is 0 Å². The summed E-state index contributed by atoms with van der Waals surface area (Å²) in [5.74, 6) is -0.497. The first-order valence-corrected chi connectivity index (χ1v) is 10.1. The Balaban J connectivity index is 1.55. The summed E-state index contributed by atoms with van der Waals surface area (Å²) in [6, 6.07) is 6.25. The number of halogens is 1. The molecule has 0 saturated heterocycles. The predicted octanol–water partition coefficient (Wildman–Crippen LogP) is 4.10. The highest BCUT2D eigenvalue weighted by atomic mass is 32.1. The number of rotatable bonds is 3. The minimum atomic E-state index is -0.265. The number of nitrogens with one attached hydrogen (secondary N) is 1. The number of hydrogen-bond donors (Lipinski definition) is 1. The fourth-order valence-corrected chi connectivity index (χ4v) is 4.40. The van der Waals surface area contributed by atoms with Crippen molar-refractivity contribution >= 4 is 17.2 Å². The molecule has 1 atom stereocenters. The molecule has 1 unspecified atom stereocenters. The molecule has 1 aliphatic carbocycles. The van der Waals surface area contributed by atoms with Gasteiger partial charge in [-0.25, -0.2) is 14.1 Å². The average molecular weight is 399 g/mol. The number of carbonyl (C=O) groups is 1. The standard InChI is InChI=1S/C20H22FN5OS/c1-20(2,3)26-11-16(24-25-26)18(27)22-14-5-4-6-15-17(14)28-19(23-15)12-7-9-13(21)10-8-12/h7-11,14H,4-6H2,1-3H3,(H,22,27). The van der Waals surface area contributed by atoms with E-state index >= 15 is 0 Å². The van der Waals surface area contributed by atoms with Crippen molar-refractivity contribution in [3.05, 3.63) is 52.5 Å². The molecule has 1 N–H and O–H groups in total. The second-order valence-corrected chi connectivity index (χ2v) is 9.00. The van der Waals surface area contributed by atoms with E-state index in [4.69, 9.17) is 4.98 Å². The molecule has 8 heteroatoms. The number of carbonyl (C=O) groups excluding carboxylic acids is 1. The Morgan fingerprint density at radius 3 is 2.71 bits per heavy atom. The van der Waals surface area contributed by atoms with Crippen LogP contribution in [-0.2, 0) is 12.0 Å². The summed E-state index contributed by atoms with van der Waals surface area (Å²) in [6.45, 7) is 6.02. The third kappa shape index (κ3) is 3.69. The van der Waals surface area contributed by atoms with Crippen LogP contribution >= 0.6 is 11.3 Å². The van der Waals surface area contributed by atoms with E-state index in [0.717, 1.165) is 40.4 Å². The molecule has 1 aromatic carbocycles. The van der Waals surface area contributed by atoms with Gasteiger partial charge in [-0.1, -0.05) is 5.21 Å². The van der Waals surface area contributed by atoms with Gasteiger partial charge in [-0.15, -0.1) is 16.4 Å².